The first-order chi connectivity index (χ1) is 15.1. The molecule has 1 amide bonds. The molecule has 3 aromatic rings. The summed E-state index contributed by atoms with van der Waals surface area (Å²) in [7, 11) is 0. The number of hydrogen-bond donors (Lipinski definition) is 1. The van der Waals surface area contributed by atoms with Gasteiger partial charge in [0.25, 0.3) is 0 Å². The Kier molecular flexibility index (Phi) is 6.98. The van der Waals surface area contributed by atoms with Crippen molar-refractivity contribution in [2.45, 2.75) is 57.7 Å². The van der Waals surface area contributed by atoms with E-state index in [-0.39, 0.29) is 12.0 Å². The highest BCUT2D eigenvalue weighted by Crippen LogP contribution is 2.47. The number of ether oxygens (including phenoxy) is 1. The van der Waals surface area contributed by atoms with Crippen molar-refractivity contribution >= 4 is 72.2 Å². The maximum absolute atomic E-state index is 13.3. The van der Waals surface area contributed by atoms with E-state index in [0.717, 1.165) is 37.3 Å². The molecule has 32 heavy (non-hydrogen) atoms. The van der Waals surface area contributed by atoms with E-state index in [4.69, 9.17) is 22.1 Å². The maximum Gasteiger partial charge on any atom is 0.415 e. The van der Waals surface area contributed by atoms with Crippen molar-refractivity contribution in [3.8, 4) is 0 Å². The van der Waals surface area contributed by atoms with Gasteiger partial charge in [-0.3, -0.25) is 4.90 Å². The highest BCUT2D eigenvalue weighted by Gasteiger charge is 2.30. The van der Waals surface area contributed by atoms with Crippen molar-refractivity contribution in [3.63, 3.8) is 0 Å². The average Bonchev–Trinajstić information content (AvgIpc) is 3.33. The fraction of sp³-hybridized carbons (Fsp3) is 0.391. The zero-order chi connectivity index (χ0) is 23.0. The highest BCUT2D eigenvalue weighted by molar-refractivity contribution is 9.10. The Morgan fingerprint density at radius 2 is 2.12 bits per heavy atom. The molecule has 0 radical (unpaired) electrons. The normalized spacial score (nSPS) is 18.8. The highest BCUT2D eigenvalue weighted by atomic mass is 79.9. The lowest BCUT2D eigenvalue weighted by atomic mass is 9.88. The minimum Gasteiger partial charge on any atom is -0.443 e. The van der Waals surface area contributed by atoms with Gasteiger partial charge in [-0.1, -0.05) is 29.8 Å². The van der Waals surface area contributed by atoms with Gasteiger partial charge in [0.2, 0.25) is 0 Å². The Labute approximate surface area is 209 Å². The third-order valence-electron chi connectivity index (χ3n) is 5.18. The summed E-state index contributed by atoms with van der Waals surface area (Å²) in [5.41, 5.74) is 7.26. The number of fused-ring (bicyclic) bond motifs is 1. The predicted octanol–water partition coefficient (Wildman–Crippen LogP) is 7.48. The fourth-order valence-corrected chi connectivity index (χ4v) is 6.89. The van der Waals surface area contributed by atoms with Crippen LogP contribution in [0.3, 0.4) is 0 Å². The molecular weight excluding hydrogens is 530 g/mol. The second-order valence-corrected chi connectivity index (χ2v) is 12.0. The standard InChI is InChI=1S/C23H25BrClN3O2S2/c1-23(2,3)30-22(29)28(12-13-7-6-10-31-13)16-11-17(25)27-19-18(24)20(32-21(16)19)14-8-4-5-9-15(14)26/h4-7,10-11,14-15H,8-9,12,26H2,1-3H3. The molecule has 170 valence electrons. The van der Waals surface area contributed by atoms with Gasteiger partial charge < -0.3 is 10.5 Å². The van der Waals surface area contributed by atoms with Crippen molar-refractivity contribution < 1.29 is 9.53 Å². The second-order valence-electron chi connectivity index (χ2n) is 8.78. The quantitative estimate of drug-likeness (QED) is 0.268. The summed E-state index contributed by atoms with van der Waals surface area (Å²) in [4.78, 5) is 21.7. The lowest BCUT2D eigenvalue weighted by Crippen LogP contribution is -2.36. The number of rotatable bonds is 4. The van der Waals surface area contributed by atoms with Gasteiger partial charge in [-0.15, -0.1) is 22.7 Å². The van der Waals surface area contributed by atoms with E-state index in [1.165, 1.54) is 0 Å². The van der Waals surface area contributed by atoms with Crippen LogP contribution in [0.25, 0.3) is 10.2 Å². The number of carbonyl (C=O) groups is 1. The number of hydrogen-bond acceptors (Lipinski definition) is 6. The summed E-state index contributed by atoms with van der Waals surface area (Å²) in [6.07, 6.45) is 5.61. The topological polar surface area (TPSA) is 68.5 Å². The fourth-order valence-electron chi connectivity index (χ4n) is 3.71. The molecule has 0 bridgehead atoms. The molecule has 0 saturated carbocycles. The molecule has 2 N–H and O–H groups in total. The molecule has 5 nitrogen and oxygen atoms in total. The molecule has 0 spiro atoms. The molecule has 0 fully saturated rings. The summed E-state index contributed by atoms with van der Waals surface area (Å²) in [5, 5.41) is 2.32. The van der Waals surface area contributed by atoms with Crippen molar-refractivity contribution in [1.29, 1.82) is 0 Å². The summed E-state index contributed by atoms with van der Waals surface area (Å²) >= 11 is 13.4. The molecule has 4 rings (SSSR count). The molecule has 3 heterocycles. The van der Waals surface area contributed by atoms with Gasteiger partial charge in [0.15, 0.2) is 0 Å². The zero-order valence-electron chi connectivity index (χ0n) is 18.1. The Bertz CT molecular complexity index is 1150. The van der Waals surface area contributed by atoms with Crippen LogP contribution in [-0.2, 0) is 11.3 Å². The number of nitrogens with two attached hydrogens (primary N) is 1. The van der Waals surface area contributed by atoms with E-state index >= 15 is 0 Å². The lowest BCUT2D eigenvalue weighted by Gasteiger charge is -2.27. The van der Waals surface area contributed by atoms with E-state index in [0.29, 0.717) is 17.4 Å². The summed E-state index contributed by atoms with van der Waals surface area (Å²) in [6.45, 7) is 5.97. The number of nitrogens with zero attached hydrogens (tertiary/aromatic N) is 2. The number of halogens is 2. The number of pyridine rings is 1. The predicted molar refractivity (Wildman–Crippen MR) is 138 cm³/mol. The number of thiophene rings is 2. The zero-order valence-corrected chi connectivity index (χ0v) is 22.1. The second kappa shape index (κ2) is 9.43. The van der Waals surface area contributed by atoms with Crippen molar-refractivity contribution in [3.05, 3.63) is 55.1 Å². The Morgan fingerprint density at radius 1 is 1.38 bits per heavy atom. The van der Waals surface area contributed by atoms with Gasteiger partial charge in [-0.25, -0.2) is 9.78 Å². The molecule has 2 atom stereocenters. The summed E-state index contributed by atoms with van der Waals surface area (Å²) < 4.78 is 7.54. The van der Waals surface area contributed by atoms with Gasteiger partial charge in [-0.05, 0) is 61.0 Å². The minimum atomic E-state index is -0.622. The van der Waals surface area contributed by atoms with Crippen molar-refractivity contribution in [2.75, 3.05) is 4.90 Å². The van der Waals surface area contributed by atoms with Crippen molar-refractivity contribution in [2.24, 2.45) is 5.73 Å². The molecule has 0 saturated heterocycles. The number of carbonyl (C=O) groups excluding carboxylic acids is 1. The van der Waals surface area contributed by atoms with Gasteiger partial charge in [0, 0.05) is 27.8 Å². The van der Waals surface area contributed by atoms with Crippen LogP contribution in [0.5, 0.6) is 0 Å². The SMILES string of the molecule is CC(C)(C)OC(=O)N(Cc1cccs1)c1cc(Cl)nc2c(Br)c(C3CC=CCC3N)sc12. The molecular formula is C23H25BrClN3O2S2. The molecule has 1 aliphatic carbocycles. The number of allylic oxidation sites excluding steroid dienone is 1. The molecule has 0 aromatic carbocycles. The minimum absolute atomic E-state index is 0.0383. The van der Waals surface area contributed by atoms with E-state index in [2.05, 4.69) is 33.1 Å². The largest absolute Gasteiger partial charge is 0.443 e. The van der Waals surface area contributed by atoms with Gasteiger partial charge in [0.05, 0.1) is 26.9 Å². The van der Waals surface area contributed by atoms with E-state index < -0.39 is 11.7 Å². The third-order valence-corrected chi connectivity index (χ3v) is 8.63. The smallest absolute Gasteiger partial charge is 0.415 e. The molecule has 9 heteroatoms. The number of aromatic nitrogens is 1. The first-order valence-electron chi connectivity index (χ1n) is 10.4. The third kappa shape index (κ3) is 5.04. The van der Waals surface area contributed by atoms with E-state index in [9.17, 15) is 4.79 Å². The molecule has 0 aliphatic heterocycles. The van der Waals surface area contributed by atoms with Crippen LogP contribution in [0.1, 0.15) is 49.3 Å². The van der Waals surface area contributed by atoms with Crippen LogP contribution < -0.4 is 10.6 Å². The van der Waals surface area contributed by atoms with Crippen molar-refractivity contribution in [1.82, 2.24) is 4.98 Å². The molecule has 3 aromatic heterocycles. The van der Waals surface area contributed by atoms with Gasteiger partial charge >= 0.3 is 6.09 Å². The van der Waals surface area contributed by atoms with Gasteiger partial charge in [-0.2, -0.15) is 0 Å². The maximum atomic E-state index is 13.3. The van der Waals surface area contributed by atoms with Crippen LogP contribution in [-0.4, -0.2) is 22.7 Å². The number of anilines is 1. The molecule has 1 aliphatic rings. The van der Waals surface area contributed by atoms with Crippen LogP contribution in [0, 0.1) is 0 Å². The van der Waals surface area contributed by atoms with Crippen LogP contribution in [0.15, 0.2) is 40.2 Å². The van der Waals surface area contributed by atoms with Gasteiger partial charge in [0.1, 0.15) is 10.8 Å². The Morgan fingerprint density at radius 3 is 2.78 bits per heavy atom. The average molecular weight is 555 g/mol. The summed E-state index contributed by atoms with van der Waals surface area (Å²) in [6, 6.07) is 5.76. The Hall–Kier alpha value is -1.45. The first kappa shape index (κ1) is 23.7. The van der Waals surface area contributed by atoms with E-state index in [1.54, 1.807) is 33.6 Å². The van der Waals surface area contributed by atoms with Crippen LogP contribution >= 0.6 is 50.2 Å². The molecule has 2 unspecified atom stereocenters. The Balaban J connectivity index is 1.84. The monoisotopic (exact) mass is 553 g/mol. The van der Waals surface area contributed by atoms with Crippen LogP contribution in [0.4, 0.5) is 10.5 Å². The summed E-state index contributed by atoms with van der Waals surface area (Å²) in [5.74, 6) is 0.187. The van der Waals surface area contributed by atoms with Crippen LogP contribution in [0.2, 0.25) is 5.15 Å². The first-order valence-corrected chi connectivity index (χ1v) is 13.2. The van der Waals surface area contributed by atoms with E-state index in [1.807, 2.05) is 38.3 Å². The number of amides is 1. The lowest BCUT2D eigenvalue weighted by molar-refractivity contribution is 0.0578.